The van der Waals surface area contributed by atoms with Crippen LogP contribution < -0.4 is 5.32 Å². The number of carbonyl (C=O) groups is 2. The molecule has 0 aliphatic carbocycles. The fraction of sp³-hybridized carbons (Fsp3) is 0.917. The van der Waals surface area contributed by atoms with E-state index in [9.17, 15) is 19.8 Å². The molecule has 0 aromatic rings. The quantitative estimate of drug-likeness (QED) is 0.0320. The van der Waals surface area contributed by atoms with Gasteiger partial charge in [0.05, 0.1) is 25.4 Å². The van der Waals surface area contributed by atoms with Gasteiger partial charge in [-0.15, -0.1) is 0 Å². The van der Waals surface area contributed by atoms with Gasteiger partial charge in [-0.3, -0.25) is 9.59 Å². The molecule has 0 rings (SSSR count). The van der Waals surface area contributed by atoms with Gasteiger partial charge < -0.3 is 20.3 Å². The highest BCUT2D eigenvalue weighted by atomic mass is 16.5. The highest BCUT2D eigenvalue weighted by Crippen LogP contribution is 2.19. The second-order valence-corrected chi connectivity index (χ2v) is 24.6. The number of hydrogen-bond donors (Lipinski definition) is 3. The highest BCUT2D eigenvalue weighted by molar-refractivity contribution is 5.76. The van der Waals surface area contributed by atoms with Crippen molar-refractivity contribution in [1.29, 1.82) is 0 Å². The minimum atomic E-state index is -0.846. The zero-order valence-electron chi connectivity index (χ0n) is 52.9. The summed E-state index contributed by atoms with van der Waals surface area (Å²) in [6, 6.07) is -0.630. The molecule has 0 saturated carbocycles. The summed E-state index contributed by atoms with van der Waals surface area (Å²) in [7, 11) is 0. The summed E-state index contributed by atoms with van der Waals surface area (Å²) in [4.78, 5) is 24.6. The molecule has 0 heterocycles. The molecule has 0 aromatic heterocycles. The molecule has 2 unspecified atom stereocenters. The molecule has 0 aromatic carbocycles. The molecule has 0 fully saturated rings. The van der Waals surface area contributed by atoms with E-state index in [0.717, 1.165) is 38.5 Å². The lowest BCUT2D eigenvalue weighted by Gasteiger charge is -2.20. The third kappa shape index (κ3) is 63.5. The van der Waals surface area contributed by atoms with Crippen molar-refractivity contribution < 1.29 is 24.5 Å². The van der Waals surface area contributed by atoms with Gasteiger partial charge in [-0.2, -0.15) is 0 Å². The van der Waals surface area contributed by atoms with Crippen molar-refractivity contribution in [1.82, 2.24) is 5.32 Å². The molecule has 462 valence electrons. The summed E-state index contributed by atoms with van der Waals surface area (Å²) >= 11 is 0. The SMILES string of the molecule is CCCCCCCCCCCCCCCCCCCC/C=C/C(O)C(CO)NC(=O)CCCCCCCCCCCC/C=C\CCCCCCCCCCCCCCOC(=O)CCCCCCCCCCCCCCCCC. The molecule has 1 amide bonds. The maximum Gasteiger partial charge on any atom is 0.305 e. The maximum absolute atomic E-state index is 12.5. The number of rotatable bonds is 67. The minimum Gasteiger partial charge on any atom is -0.466 e. The van der Waals surface area contributed by atoms with E-state index in [-0.39, 0.29) is 18.5 Å². The van der Waals surface area contributed by atoms with Crippen molar-refractivity contribution in [3.05, 3.63) is 24.3 Å². The van der Waals surface area contributed by atoms with Gasteiger partial charge in [-0.05, 0) is 57.8 Å². The number of aliphatic hydroxyl groups excluding tert-OH is 2. The summed E-state index contributed by atoms with van der Waals surface area (Å²) in [5.74, 6) is -0.0484. The second kappa shape index (κ2) is 67.8. The first-order valence-electron chi connectivity index (χ1n) is 35.6. The average molecular weight is 1100 g/mol. The molecule has 0 aliphatic heterocycles. The molecular formula is C72H139NO5. The summed E-state index contributed by atoms with van der Waals surface area (Å²) in [5.41, 5.74) is 0. The summed E-state index contributed by atoms with van der Waals surface area (Å²) in [6.07, 6.45) is 85.4. The number of unbranched alkanes of at least 4 members (excludes halogenated alkanes) is 54. The van der Waals surface area contributed by atoms with E-state index in [1.807, 2.05) is 6.08 Å². The Labute approximate surface area is 488 Å². The van der Waals surface area contributed by atoms with Gasteiger partial charge in [-0.25, -0.2) is 0 Å². The van der Waals surface area contributed by atoms with Crippen LogP contribution in [0.2, 0.25) is 0 Å². The van der Waals surface area contributed by atoms with Crippen LogP contribution in [0.1, 0.15) is 399 Å². The van der Waals surface area contributed by atoms with Crippen molar-refractivity contribution >= 4 is 11.9 Å². The first-order chi connectivity index (χ1) is 38.5. The van der Waals surface area contributed by atoms with Gasteiger partial charge in [-0.1, -0.05) is 353 Å². The van der Waals surface area contributed by atoms with Crippen LogP contribution in [-0.2, 0) is 14.3 Å². The van der Waals surface area contributed by atoms with Crippen LogP contribution in [0.25, 0.3) is 0 Å². The number of esters is 1. The van der Waals surface area contributed by atoms with Crippen LogP contribution >= 0.6 is 0 Å². The zero-order chi connectivity index (χ0) is 56.4. The fourth-order valence-corrected chi connectivity index (χ4v) is 11.3. The fourth-order valence-electron chi connectivity index (χ4n) is 11.3. The topological polar surface area (TPSA) is 95.9 Å². The lowest BCUT2D eigenvalue weighted by Crippen LogP contribution is -2.45. The number of ether oxygens (including phenoxy) is 1. The molecule has 0 aliphatic rings. The lowest BCUT2D eigenvalue weighted by atomic mass is 10.0. The number of carbonyl (C=O) groups excluding carboxylic acids is 2. The van der Waals surface area contributed by atoms with Crippen molar-refractivity contribution in [2.75, 3.05) is 13.2 Å². The van der Waals surface area contributed by atoms with Crippen molar-refractivity contribution in [2.45, 2.75) is 411 Å². The molecule has 0 spiro atoms. The maximum atomic E-state index is 12.5. The number of hydrogen-bond acceptors (Lipinski definition) is 5. The minimum absolute atomic E-state index is 0.0176. The van der Waals surface area contributed by atoms with Crippen molar-refractivity contribution in [3.8, 4) is 0 Å². The van der Waals surface area contributed by atoms with E-state index in [1.165, 1.54) is 334 Å². The highest BCUT2D eigenvalue weighted by Gasteiger charge is 2.18. The van der Waals surface area contributed by atoms with Gasteiger partial charge in [0, 0.05) is 12.8 Å². The second-order valence-electron chi connectivity index (χ2n) is 24.6. The molecule has 6 nitrogen and oxygen atoms in total. The lowest BCUT2D eigenvalue weighted by molar-refractivity contribution is -0.143. The average Bonchev–Trinajstić information content (AvgIpc) is 3.44. The van der Waals surface area contributed by atoms with E-state index >= 15 is 0 Å². The number of amides is 1. The zero-order valence-corrected chi connectivity index (χ0v) is 52.9. The molecule has 6 heteroatoms. The molecular weight excluding hydrogens is 959 g/mol. The Morgan fingerprint density at radius 1 is 0.346 bits per heavy atom. The monoisotopic (exact) mass is 1100 g/mol. The first-order valence-corrected chi connectivity index (χ1v) is 35.6. The molecule has 3 N–H and O–H groups in total. The van der Waals surface area contributed by atoms with Crippen LogP contribution in [0.5, 0.6) is 0 Å². The molecule has 78 heavy (non-hydrogen) atoms. The van der Waals surface area contributed by atoms with Crippen LogP contribution in [0, 0.1) is 0 Å². The molecule has 2 atom stereocenters. The van der Waals surface area contributed by atoms with Crippen LogP contribution in [0.3, 0.4) is 0 Å². The first kappa shape index (κ1) is 76.3. The number of allylic oxidation sites excluding steroid dienone is 3. The van der Waals surface area contributed by atoms with Crippen molar-refractivity contribution in [2.24, 2.45) is 0 Å². The van der Waals surface area contributed by atoms with Crippen molar-refractivity contribution in [3.63, 3.8) is 0 Å². The van der Waals surface area contributed by atoms with Gasteiger partial charge in [0.1, 0.15) is 0 Å². The summed E-state index contributed by atoms with van der Waals surface area (Å²) in [5, 5.41) is 23.2. The van der Waals surface area contributed by atoms with E-state index in [4.69, 9.17) is 4.74 Å². The van der Waals surface area contributed by atoms with Crippen LogP contribution in [0.4, 0.5) is 0 Å². The standard InChI is InChI=1S/C72H139NO5/c1-3-5-7-9-11-13-15-17-19-20-21-30-33-37-40-44-48-52-56-60-64-70(75)69(68-74)73-71(76)65-61-57-53-49-45-41-38-34-31-28-26-24-22-23-25-27-29-32-35-39-43-47-51-55-59-63-67-78-72(77)66-62-58-54-50-46-42-36-18-16-14-12-10-8-6-4-2/h22,24,60,64,69-70,74-75H,3-21,23,25-59,61-63,65-68H2,1-2H3,(H,73,76)/b24-22-,64-60+. The Bertz CT molecular complexity index is 1220. The summed E-state index contributed by atoms with van der Waals surface area (Å²) in [6.45, 7) is 4.95. The Morgan fingerprint density at radius 2 is 0.603 bits per heavy atom. The normalized spacial score (nSPS) is 12.6. The molecule has 0 saturated heterocycles. The Balaban J connectivity index is 3.40. The third-order valence-electron chi connectivity index (χ3n) is 16.7. The summed E-state index contributed by atoms with van der Waals surface area (Å²) < 4.78 is 5.50. The van der Waals surface area contributed by atoms with Gasteiger partial charge in [0.15, 0.2) is 0 Å². The largest absolute Gasteiger partial charge is 0.466 e. The van der Waals surface area contributed by atoms with E-state index in [2.05, 4.69) is 31.3 Å². The van der Waals surface area contributed by atoms with Gasteiger partial charge in [0.2, 0.25) is 5.91 Å². The third-order valence-corrected chi connectivity index (χ3v) is 16.7. The van der Waals surface area contributed by atoms with Gasteiger partial charge in [0.25, 0.3) is 0 Å². The Hall–Kier alpha value is -1.66. The Morgan fingerprint density at radius 3 is 0.910 bits per heavy atom. The van der Waals surface area contributed by atoms with Gasteiger partial charge >= 0.3 is 5.97 Å². The van der Waals surface area contributed by atoms with E-state index in [0.29, 0.717) is 19.4 Å². The van der Waals surface area contributed by atoms with E-state index in [1.54, 1.807) is 6.08 Å². The molecule has 0 radical (unpaired) electrons. The molecule has 0 bridgehead atoms. The predicted octanol–water partition coefficient (Wildman–Crippen LogP) is 22.9. The van der Waals surface area contributed by atoms with E-state index < -0.39 is 12.1 Å². The predicted molar refractivity (Wildman–Crippen MR) is 343 cm³/mol. The number of nitrogens with one attached hydrogen (secondary N) is 1. The van der Waals surface area contributed by atoms with Crippen LogP contribution in [0.15, 0.2) is 24.3 Å². The van der Waals surface area contributed by atoms with Crippen LogP contribution in [-0.4, -0.2) is 47.4 Å². The Kier molecular flexibility index (Phi) is 66.4. The smallest absolute Gasteiger partial charge is 0.305 e. The number of aliphatic hydroxyl groups is 2.